The zero-order valence-electron chi connectivity index (χ0n) is 15.3. The SMILES string of the molecule is Cc1ccc(NC(=O)N2CCN(c3ccc4c(c3)OCO4)C(=O)[C@@H]2C)cc1. The molecule has 1 fully saturated rings. The fourth-order valence-corrected chi connectivity index (χ4v) is 3.29. The first-order chi connectivity index (χ1) is 13.0. The number of amides is 3. The van der Waals surface area contributed by atoms with Crippen molar-refractivity contribution < 1.29 is 19.1 Å². The van der Waals surface area contributed by atoms with Crippen LogP contribution in [0.3, 0.4) is 0 Å². The normalized spacial score (nSPS) is 18.6. The van der Waals surface area contributed by atoms with E-state index in [0.717, 1.165) is 11.3 Å². The summed E-state index contributed by atoms with van der Waals surface area (Å²) in [5.41, 5.74) is 2.58. The number of carbonyl (C=O) groups excluding carboxylic acids is 2. The van der Waals surface area contributed by atoms with Gasteiger partial charge in [-0.3, -0.25) is 4.79 Å². The van der Waals surface area contributed by atoms with Gasteiger partial charge in [0.1, 0.15) is 6.04 Å². The molecule has 7 heteroatoms. The number of rotatable bonds is 2. The lowest BCUT2D eigenvalue weighted by Gasteiger charge is -2.39. The molecule has 2 aliphatic heterocycles. The molecule has 4 rings (SSSR count). The van der Waals surface area contributed by atoms with E-state index in [4.69, 9.17) is 9.47 Å². The van der Waals surface area contributed by atoms with Gasteiger partial charge in [-0.05, 0) is 38.1 Å². The molecule has 1 N–H and O–H groups in total. The number of hydrogen-bond acceptors (Lipinski definition) is 4. The number of nitrogens with one attached hydrogen (secondary N) is 1. The Bertz CT molecular complexity index is 881. The van der Waals surface area contributed by atoms with Crippen LogP contribution in [0, 0.1) is 6.92 Å². The summed E-state index contributed by atoms with van der Waals surface area (Å²) in [4.78, 5) is 28.7. The van der Waals surface area contributed by atoms with Crippen LogP contribution in [0.1, 0.15) is 12.5 Å². The number of fused-ring (bicyclic) bond motifs is 1. The van der Waals surface area contributed by atoms with Gasteiger partial charge in [-0.15, -0.1) is 0 Å². The zero-order chi connectivity index (χ0) is 19.0. The molecule has 2 aromatic carbocycles. The summed E-state index contributed by atoms with van der Waals surface area (Å²) in [6, 6.07) is 12.2. The van der Waals surface area contributed by atoms with Crippen molar-refractivity contribution in [3.63, 3.8) is 0 Å². The summed E-state index contributed by atoms with van der Waals surface area (Å²) in [5, 5.41) is 2.86. The molecule has 0 unspecified atom stereocenters. The molecule has 0 saturated carbocycles. The summed E-state index contributed by atoms with van der Waals surface area (Å²) in [7, 11) is 0. The summed E-state index contributed by atoms with van der Waals surface area (Å²) in [6.07, 6.45) is 0. The summed E-state index contributed by atoms with van der Waals surface area (Å²) in [6.45, 7) is 4.79. The Kier molecular flexibility index (Phi) is 4.35. The average Bonchev–Trinajstić information content (AvgIpc) is 3.13. The third-order valence-electron chi connectivity index (χ3n) is 4.89. The van der Waals surface area contributed by atoms with E-state index in [2.05, 4.69) is 5.32 Å². The van der Waals surface area contributed by atoms with Crippen LogP contribution in [0.25, 0.3) is 0 Å². The van der Waals surface area contributed by atoms with Crippen molar-refractivity contribution in [2.75, 3.05) is 30.1 Å². The van der Waals surface area contributed by atoms with E-state index < -0.39 is 6.04 Å². The van der Waals surface area contributed by atoms with Gasteiger partial charge in [-0.1, -0.05) is 17.7 Å². The number of nitrogens with zero attached hydrogens (tertiary/aromatic N) is 2. The van der Waals surface area contributed by atoms with Gasteiger partial charge < -0.3 is 24.6 Å². The number of aryl methyl sites for hydroxylation is 1. The number of ether oxygens (including phenoxy) is 2. The molecular weight excluding hydrogens is 346 g/mol. The smallest absolute Gasteiger partial charge is 0.322 e. The van der Waals surface area contributed by atoms with E-state index in [0.29, 0.717) is 30.3 Å². The van der Waals surface area contributed by atoms with Gasteiger partial charge >= 0.3 is 6.03 Å². The molecule has 2 aromatic rings. The van der Waals surface area contributed by atoms with Crippen LogP contribution < -0.4 is 19.7 Å². The van der Waals surface area contributed by atoms with Crippen molar-refractivity contribution >= 4 is 23.3 Å². The highest BCUT2D eigenvalue weighted by atomic mass is 16.7. The van der Waals surface area contributed by atoms with Crippen LogP contribution in [0.15, 0.2) is 42.5 Å². The third-order valence-corrected chi connectivity index (χ3v) is 4.89. The minimum absolute atomic E-state index is 0.126. The molecule has 0 radical (unpaired) electrons. The van der Waals surface area contributed by atoms with E-state index in [-0.39, 0.29) is 18.7 Å². The molecule has 0 aromatic heterocycles. The van der Waals surface area contributed by atoms with Gasteiger partial charge in [0, 0.05) is 30.5 Å². The Morgan fingerprint density at radius 3 is 2.59 bits per heavy atom. The average molecular weight is 367 g/mol. The van der Waals surface area contributed by atoms with Gasteiger partial charge in [0.2, 0.25) is 12.7 Å². The highest BCUT2D eigenvalue weighted by Crippen LogP contribution is 2.36. The summed E-state index contributed by atoms with van der Waals surface area (Å²) < 4.78 is 10.7. The quantitative estimate of drug-likeness (QED) is 0.886. The van der Waals surface area contributed by atoms with Crippen molar-refractivity contribution in [2.24, 2.45) is 0 Å². The zero-order valence-corrected chi connectivity index (χ0v) is 15.3. The van der Waals surface area contributed by atoms with Crippen LogP contribution in [0.5, 0.6) is 11.5 Å². The molecule has 0 spiro atoms. The summed E-state index contributed by atoms with van der Waals surface area (Å²) >= 11 is 0. The van der Waals surface area contributed by atoms with Crippen LogP contribution >= 0.6 is 0 Å². The van der Waals surface area contributed by atoms with Crippen molar-refractivity contribution in [1.82, 2.24) is 4.90 Å². The number of hydrogen-bond donors (Lipinski definition) is 1. The van der Waals surface area contributed by atoms with Crippen molar-refractivity contribution in [3.8, 4) is 11.5 Å². The van der Waals surface area contributed by atoms with Crippen molar-refractivity contribution in [3.05, 3.63) is 48.0 Å². The second-order valence-corrected chi connectivity index (χ2v) is 6.69. The number of anilines is 2. The first-order valence-electron chi connectivity index (χ1n) is 8.88. The first-order valence-corrected chi connectivity index (χ1v) is 8.88. The molecule has 0 bridgehead atoms. The van der Waals surface area contributed by atoms with E-state index in [1.165, 1.54) is 0 Å². The topological polar surface area (TPSA) is 71.1 Å². The molecule has 7 nitrogen and oxygen atoms in total. The second-order valence-electron chi connectivity index (χ2n) is 6.69. The third kappa shape index (κ3) is 3.28. The van der Waals surface area contributed by atoms with E-state index in [1.807, 2.05) is 37.3 Å². The highest BCUT2D eigenvalue weighted by molar-refractivity contribution is 6.02. The minimum atomic E-state index is -0.561. The maximum Gasteiger partial charge on any atom is 0.322 e. The lowest BCUT2D eigenvalue weighted by Crippen LogP contribution is -2.58. The minimum Gasteiger partial charge on any atom is -0.454 e. The van der Waals surface area contributed by atoms with Crippen LogP contribution in [-0.4, -0.2) is 42.8 Å². The lowest BCUT2D eigenvalue weighted by molar-refractivity contribution is -0.123. The van der Waals surface area contributed by atoms with Gasteiger partial charge in [0.15, 0.2) is 11.5 Å². The number of carbonyl (C=O) groups is 2. The Balaban J connectivity index is 1.46. The number of piperazine rings is 1. The molecule has 3 amide bonds. The maximum atomic E-state index is 12.9. The molecule has 140 valence electrons. The Labute approximate surface area is 157 Å². The van der Waals surface area contributed by atoms with Gasteiger partial charge in [0.05, 0.1) is 0 Å². The predicted octanol–water partition coefficient (Wildman–Crippen LogP) is 2.99. The fourth-order valence-electron chi connectivity index (χ4n) is 3.29. The summed E-state index contributed by atoms with van der Waals surface area (Å²) in [5.74, 6) is 1.18. The Morgan fingerprint density at radius 1 is 1.07 bits per heavy atom. The molecule has 27 heavy (non-hydrogen) atoms. The van der Waals surface area contributed by atoms with Crippen molar-refractivity contribution in [2.45, 2.75) is 19.9 Å². The highest BCUT2D eigenvalue weighted by Gasteiger charge is 2.35. The molecule has 2 aliphatic rings. The van der Waals surface area contributed by atoms with E-state index in [1.54, 1.807) is 28.9 Å². The second kappa shape index (κ2) is 6.83. The molecular formula is C20H21N3O4. The molecule has 2 heterocycles. The maximum absolute atomic E-state index is 12.9. The van der Waals surface area contributed by atoms with Crippen LogP contribution in [0.2, 0.25) is 0 Å². The molecule has 1 saturated heterocycles. The Hall–Kier alpha value is -3.22. The monoisotopic (exact) mass is 367 g/mol. The van der Waals surface area contributed by atoms with E-state index in [9.17, 15) is 9.59 Å². The molecule has 0 aliphatic carbocycles. The predicted molar refractivity (Wildman–Crippen MR) is 101 cm³/mol. The number of urea groups is 1. The van der Waals surface area contributed by atoms with Gasteiger partial charge in [-0.25, -0.2) is 4.79 Å². The standard InChI is InChI=1S/C20H21N3O4/c1-13-3-5-15(6-4-13)21-20(25)22-9-10-23(19(24)14(22)2)16-7-8-17-18(11-16)27-12-26-17/h3-8,11,14H,9-10,12H2,1-2H3,(H,21,25)/t14-/m0/s1. The largest absolute Gasteiger partial charge is 0.454 e. The first kappa shape index (κ1) is 17.2. The molecule has 1 atom stereocenters. The van der Waals surface area contributed by atoms with Crippen LogP contribution in [0.4, 0.5) is 16.2 Å². The van der Waals surface area contributed by atoms with Crippen molar-refractivity contribution in [1.29, 1.82) is 0 Å². The van der Waals surface area contributed by atoms with Gasteiger partial charge in [0.25, 0.3) is 0 Å². The van der Waals surface area contributed by atoms with E-state index >= 15 is 0 Å². The number of benzene rings is 2. The van der Waals surface area contributed by atoms with Crippen LogP contribution in [-0.2, 0) is 4.79 Å². The lowest BCUT2D eigenvalue weighted by atomic mass is 10.1. The van der Waals surface area contributed by atoms with Gasteiger partial charge in [-0.2, -0.15) is 0 Å². The fraction of sp³-hybridized carbons (Fsp3) is 0.300. The Morgan fingerprint density at radius 2 is 1.81 bits per heavy atom.